The molecule has 6 nitrogen and oxygen atoms in total. The predicted octanol–water partition coefficient (Wildman–Crippen LogP) is 2.02. The van der Waals surface area contributed by atoms with Gasteiger partial charge in [-0.1, -0.05) is 20.3 Å². The summed E-state index contributed by atoms with van der Waals surface area (Å²) in [6.45, 7) is 7.87. The average molecular weight is 460 g/mol. The van der Waals surface area contributed by atoms with Gasteiger partial charge in [-0.2, -0.15) is 0 Å². The molecule has 0 aromatic rings. The van der Waals surface area contributed by atoms with Crippen LogP contribution in [0.1, 0.15) is 46.0 Å². The fourth-order valence-corrected chi connectivity index (χ4v) is 3.70. The number of guanidine groups is 1. The van der Waals surface area contributed by atoms with Crippen molar-refractivity contribution in [1.29, 1.82) is 0 Å². The monoisotopic (exact) mass is 460 g/mol. The molecule has 1 saturated heterocycles. The highest BCUT2D eigenvalue weighted by molar-refractivity contribution is 14.0. The van der Waals surface area contributed by atoms with E-state index in [4.69, 9.17) is 0 Å². The Morgan fingerprint density at radius 3 is 2.61 bits per heavy atom. The number of likely N-dealkylation sites (tertiary alicyclic amines) is 1. The van der Waals surface area contributed by atoms with E-state index in [9.17, 15) is 8.42 Å². The number of hydrogen-bond donors (Lipinski definition) is 2. The third-order valence-corrected chi connectivity index (χ3v) is 4.88. The van der Waals surface area contributed by atoms with Gasteiger partial charge < -0.3 is 10.2 Å². The van der Waals surface area contributed by atoms with Gasteiger partial charge in [0, 0.05) is 33.2 Å². The lowest BCUT2D eigenvalue weighted by Crippen LogP contribution is -2.50. The molecular formula is C15H33IN4O2S. The molecule has 0 aromatic carbocycles. The van der Waals surface area contributed by atoms with Crippen LogP contribution < -0.4 is 10.0 Å². The number of hydrogen-bond acceptors (Lipinski definition) is 3. The van der Waals surface area contributed by atoms with Gasteiger partial charge in [-0.25, -0.2) is 13.1 Å². The minimum absolute atomic E-state index is 0. The van der Waals surface area contributed by atoms with E-state index < -0.39 is 10.0 Å². The highest BCUT2D eigenvalue weighted by Gasteiger charge is 2.31. The van der Waals surface area contributed by atoms with Crippen LogP contribution in [0.4, 0.5) is 0 Å². The van der Waals surface area contributed by atoms with Gasteiger partial charge in [-0.05, 0) is 31.1 Å². The molecule has 0 amide bonds. The lowest BCUT2D eigenvalue weighted by Gasteiger charge is -2.42. The number of piperidine rings is 1. The molecular weight excluding hydrogens is 427 g/mol. The summed E-state index contributed by atoms with van der Waals surface area (Å²) in [7, 11) is -1.28. The third kappa shape index (κ3) is 9.09. The summed E-state index contributed by atoms with van der Waals surface area (Å²) in [6, 6.07) is 0. The number of nitrogens with one attached hydrogen (secondary N) is 2. The number of aliphatic imine (C=N–C) groups is 1. The first kappa shape index (κ1) is 22.9. The van der Waals surface area contributed by atoms with E-state index in [0.29, 0.717) is 12.0 Å². The van der Waals surface area contributed by atoms with Crippen LogP contribution >= 0.6 is 24.0 Å². The largest absolute Gasteiger partial charge is 0.356 e. The molecule has 1 heterocycles. The molecule has 0 bridgehead atoms. The van der Waals surface area contributed by atoms with E-state index in [1.165, 1.54) is 31.9 Å². The van der Waals surface area contributed by atoms with E-state index in [1.807, 2.05) is 7.05 Å². The Kier molecular flexibility index (Phi) is 10.7. The van der Waals surface area contributed by atoms with Gasteiger partial charge in [0.15, 0.2) is 5.96 Å². The summed E-state index contributed by atoms with van der Waals surface area (Å²) in [5.41, 5.74) is 0.377. The normalized spacial score (nSPS) is 22.6. The molecule has 0 radical (unpaired) electrons. The zero-order valence-electron chi connectivity index (χ0n) is 14.9. The lowest BCUT2D eigenvalue weighted by atomic mass is 9.78. The quantitative estimate of drug-likeness (QED) is 0.264. The fraction of sp³-hybridized carbons (Fsp3) is 0.933. The second-order valence-electron chi connectivity index (χ2n) is 6.58. The van der Waals surface area contributed by atoms with E-state index in [2.05, 4.69) is 33.8 Å². The smallest absolute Gasteiger partial charge is 0.208 e. The topological polar surface area (TPSA) is 73.8 Å². The van der Waals surface area contributed by atoms with Crippen LogP contribution in [-0.2, 0) is 10.0 Å². The van der Waals surface area contributed by atoms with Crippen LogP contribution in [0.15, 0.2) is 4.99 Å². The molecule has 23 heavy (non-hydrogen) atoms. The first-order valence-electron chi connectivity index (χ1n) is 8.20. The number of rotatable bonds is 7. The fourth-order valence-electron chi connectivity index (χ4n) is 3.18. The minimum atomic E-state index is -3.09. The second-order valence-corrected chi connectivity index (χ2v) is 8.41. The molecule has 1 atom stereocenters. The molecule has 2 N–H and O–H groups in total. The van der Waals surface area contributed by atoms with Gasteiger partial charge in [-0.15, -0.1) is 24.0 Å². The molecule has 8 heteroatoms. The standard InChI is InChI=1S/C15H32N4O2S.HI/c1-5-8-15(2)9-6-12-19(13-15)14(16-3)17-10-7-11-18-22(4,20)21;/h18H,5-13H2,1-4H3,(H,16,17);1H. The van der Waals surface area contributed by atoms with Gasteiger partial charge in [0.2, 0.25) is 10.0 Å². The van der Waals surface area contributed by atoms with Gasteiger partial charge in [0.05, 0.1) is 6.26 Å². The van der Waals surface area contributed by atoms with E-state index in [0.717, 1.165) is 32.0 Å². The summed E-state index contributed by atoms with van der Waals surface area (Å²) >= 11 is 0. The Morgan fingerprint density at radius 2 is 2.04 bits per heavy atom. The first-order chi connectivity index (χ1) is 10.3. The van der Waals surface area contributed by atoms with Gasteiger partial charge >= 0.3 is 0 Å². The summed E-state index contributed by atoms with van der Waals surface area (Å²) in [5.74, 6) is 0.932. The molecule has 1 unspecified atom stereocenters. The maximum absolute atomic E-state index is 11.0. The number of halogens is 1. The van der Waals surface area contributed by atoms with Crippen molar-refractivity contribution in [2.24, 2.45) is 10.4 Å². The Hall–Kier alpha value is -0.0900. The average Bonchev–Trinajstić information content (AvgIpc) is 2.41. The van der Waals surface area contributed by atoms with E-state index >= 15 is 0 Å². The molecule has 1 fully saturated rings. The van der Waals surface area contributed by atoms with Crippen LogP contribution in [0.2, 0.25) is 0 Å². The molecule has 1 aliphatic rings. The van der Waals surface area contributed by atoms with Crippen molar-refractivity contribution in [2.75, 3.05) is 39.5 Å². The molecule has 1 rings (SSSR count). The van der Waals surface area contributed by atoms with Crippen LogP contribution in [0.3, 0.4) is 0 Å². The predicted molar refractivity (Wildman–Crippen MR) is 108 cm³/mol. The van der Waals surface area contributed by atoms with Crippen molar-refractivity contribution in [1.82, 2.24) is 14.9 Å². The Balaban J connectivity index is 0.00000484. The molecule has 0 aromatic heterocycles. The van der Waals surface area contributed by atoms with Crippen LogP contribution in [0, 0.1) is 5.41 Å². The number of sulfonamides is 1. The zero-order chi connectivity index (χ0) is 16.6. The number of nitrogens with zero attached hydrogens (tertiary/aromatic N) is 2. The SMILES string of the molecule is CCCC1(C)CCCN(C(=NC)NCCCNS(C)(=O)=O)C1.I. The zero-order valence-corrected chi connectivity index (χ0v) is 18.0. The van der Waals surface area contributed by atoms with Crippen LogP contribution in [-0.4, -0.2) is 58.8 Å². The van der Waals surface area contributed by atoms with Gasteiger partial charge in [-0.3, -0.25) is 4.99 Å². The van der Waals surface area contributed by atoms with E-state index in [-0.39, 0.29) is 24.0 Å². The van der Waals surface area contributed by atoms with Crippen LogP contribution in [0.5, 0.6) is 0 Å². The molecule has 0 spiro atoms. The summed E-state index contributed by atoms with van der Waals surface area (Å²) in [5, 5.41) is 3.35. The Bertz CT molecular complexity index is 466. The molecule has 1 aliphatic heterocycles. The van der Waals surface area contributed by atoms with Crippen molar-refractivity contribution in [2.45, 2.75) is 46.0 Å². The molecule has 138 valence electrons. The van der Waals surface area contributed by atoms with Crippen molar-refractivity contribution in [3.05, 3.63) is 0 Å². The Morgan fingerprint density at radius 1 is 1.35 bits per heavy atom. The first-order valence-corrected chi connectivity index (χ1v) is 10.1. The van der Waals surface area contributed by atoms with Gasteiger partial charge in [0.1, 0.15) is 0 Å². The third-order valence-electron chi connectivity index (χ3n) is 4.15. The van der Waals surface area contributed by atoms with E-state index in [1.54, 1.807) is 0 Å². The second kappa shape index (κ2) is 10.7. The highest BCUT2D eigenvalue weighted by Crippen LogP contribution is 2.33. The van der Waals surface area contributed by atoms with Crippen molar-refractivity contribution in [3.8, 4) is 0 Å². The maximum atomic E-state index is 11.0. The summed E-state index contributed by atoms with van der Waals surface area (Å²) in [6.07, 6.45) is 6.87. The van der Waals surface area contributed by atoms with Crippen LogP contribution in [0.25, 0.3) is 0 Å². The van der Waals surface area contributed by atoms with Gasteiger partial charge in [0.25, 0.3) is 0 Å². The summed E-state index contributed by atoms with van der Waals surface area (Å²) in [4.78, 5) is 6.71. The summed E-state index contributed by atoms with van der Waals surface area (Å²) < 4.78 is 24.5. The van der Waals surface area contributed by atoms with Crippen molar-refractivity contribution in [3.63, 3.8) is 0 Å². The van der Waals surface area contributed by atoms with Crippen molar-refractivity contribution < 1.29 is 8.42 Å². The van der Waals surface area contributed by atoms with Crippen molar-refractivity contribution >= 4 is 40.0 Å². The maximum Gasteiger partial charge on any atom is 0.208 e. The lowest BCUT2D eigenvalue weighted by molar-refractivity contribution is 0.142. The molecule has 0 aliphatic carbocycles. The Labute approximate surface area is 159 Å². The highest BCUT2D eigenvalue weighted by atomic mass is 127. The molecule has 0 saturated carbocycles. The minimum Gasteiger partial charge on any atom is -0.356 e.